The summed E-state index contributed by atoms with van der Waals surface area (Å²) >= 11 is 0. The van der Waals surface area contributed by atoms with Gasteiger partial charge in [-0.25, -0.2) is 4.98 Å². The summed E-state index contributed by atoms with van der Waals surface area (Å²) in [6.07, 6.45) is 5.01. The molecule has 6 heteroatoms. The molecule has 0 radical (unpaired) electrons. The summed E-state index contributed by atoms with van der Waals surface area (Å²) in [6.45, 7) is 2.51. The minimum Gasteiger partial charge on any atom is -0.355 e. The molecule has 1 aliphatic rings. The predicted molar refractivity (Wildman–Crippen MR) is 119 cm³/mol. The Hall–Kier alpha value is -3.15. The number of anilines is 1. The smallest absolute Gasteiger partial charge is 0.255 e. The van der Waals surface area contributed by atoms with Crippen molar-refractivity contribution in [3.8, 4) is 0 Å². The maximum absolute atomic E-state index is 12.6. The third-order valence-corrected chi connectivity index (χ3v) is 5.99. The summed E-state index contributed by atoms with van der Waals surface area (Å²) < 4.78 is 2.05. The van der Waals surface area contributed by atoms with Crippen LogP contribution in [0, 0.1) is 12.8 Å². The molecule has 30 heavy (non-hydrogen) atoms. The number of rotatable bonds is 6. The lowest BCUT2D eigenvalue weighted by atomic mass is 10.1. The van der Waals surface area contributed by atoms with E-state index in [4.69, 9.17) is 4.98 Å². The van der Waals surface area contributed by atoms with E-state index in [0.29, 0.717) is 18.5 Å². The van der Waals surface area contributed by atoms with Gasteiger partial charge in [-0.1, -0.05) is 31.0 Å². The lowest BCUT2D eigenvalue weighted by Crippen LogP contribution is -2.31. The second-order valence-corrected chi connectivity index (χ2v) is 8.08. The number of fused-ring (bicyclic) bond motifs is 1. The van der Waals surface area contributed by atoms with Crippen LogP contribution in [0.3, 0.4) is 0 Å². The molecule has 0 bridgehead atoms. The number of hydrogen-bond acceptors (Lipinski definition) is 3. The van der Waals surface area contributed by atoms with Crippen molar-refractivity contribution in [3.05, 3.63) is 59.4 Å². The number of imidazole rings is 1. The van der Waals surface area contributed by atoms with Gasteiger partial charge >= 0.3 is 0 Å². The minimum atomic E-state index is -0.127. The number of amides is 2. The van der Waals surface area contributed by atoms with Gasteiger partial charge in [0.15, 0.2) is 0 Å². The molecule has 1 fully saturated rings. The highest BCUT2D eigenvalue weighted by Gasteiger charge is 2.22. The highest BCUT2D eigenvalue weighted by molar-refractivity contribution is 6.05. The SMILES string of the molecule is Cc1ccccc1C(=O)Nc1ccc2c(c1)nc(CCNC(=O)C1CCCC1)n2C. The lowest BCUT2D eigenvalue weighted by Gasteiger charge is -2.10. The van der Waals surface area contributed by atoms with E-state index in [1.807, 2.05) is 61.0 Å². The molecule has 1 heterocycles. The van der Waals surface area contributed by atoms with E-state index in [-0.39, 0.29) is 17.7 Å². The predicted octanol–water partition coefficient (Wildman–Crippen LogP) is 3.98. The van der Waals surface area contributed by atoms with E-state index in [9.17, 15) is 9.59 Å². The summed E-state index contributed by atoms with van der Waals surface area (Å²) in [7, 11) is 1.98. The van der Waals surface area contributed by atoms with Gasteiger partial charge in [-0.3, -0.25) is 9.59 Å². The van der Waals surface area contributed by atoms with Crippen molar-refractivity contribution in [2.24, 2.45) is 13.0 Å². The maximum atomic E-state index is 12.6. The molecule has 2 amide bonds. The van der Waals surface area contributed by atoms with Crippen molar-refractivity contribution in [2.75, 3.05) is 11.9 Å². The Morgan fingerprint density at radius 3 is 2.67 bits per heavy atom. The molecule has 2 N–H and O–H groups in total. The van der Waals surface area contributed by atoms with Crippen LogP contribution in [0.15, 0.2) is 42.5 Å². The van der Waals surface area contributed by atoms with E-state index < -0.39 is 0 Å². The van der Waals surface area contributed by atoms with Crippen molar-refractivity contribution in [3.63, 3.8) is 0 Å². The molecule has 3 aromatic rings. The number of hydrogen-bond donors (Lipinski definition) is 2. The lowest BCUT2D eigenvalue weighted by molar-refractivity contribution is -0.124. The maximum Gasteiger partial charge on any atom is 0.255 e. The van der Waals surface area contributed by atoms with Crippen molar-refractivity contribution < 1.29 is 9.59 Å². The molecule has 156 valence electrons. The third-order valence-electron chi connectivity index (χ3n) is 5.99. The van der Waals surface area contributed by atoms with Crippen LogP contribution in [0.2, 0.25) is 0 Å². The van der Waals surface area contributed by atoms with Gasteiger partial charge in [0, 0.05) is 37.2 Å². The number of benzene rings is 2. The van der Waals surface area contributed by atoms with Gasteiger partial charge in [-0.2, -0.15) is 0 Å². The standard InChI is InChI=1S/C24H28N4O2/c1-16-7-3-6-10-19(16)24(30)26-18-11-12-21-20(15-18)27-22(28(21)2)13-14-25-23(29)17-8-4-5-9-17/h3,6-7,10-12,15,17H,4-5,8-9,13-14H2,1-2H3,(H,25,29)(H,26,30). The van der Waals surface area contributed by atoms with Gasteiger partial charge in [-0.15, -0.1) is 0 Å². The fraction of sp³-hybridized carbons (Fsp3) is 0.375. The summed E-state index contributed by atoms with van der Waals surface area (Å²) in [4.78, 5) is 29.5. The minimum absolute atomic E-state index is 0.127. The molecule has 0 spiro atoms. The average Bonchev–Trinajstić information content (AvgIpc) is 3.37. The quantitative estimate of drug-likeness (QED) is 0.652. The number of carbonyl (C=O) groups excluding carboxylic acids is 2. The first-order valence-corrected chi connectivity index (χ1v) is 10.6. The summed E-state index contributed by atoms with van der Waals surface area (Å²) in [5, 5.41) is 6.02. The van der Waals surface area contributed by atoms with Crippen molar-refractivity contribution >= 4 is 28.5 Å². The van der Waals surface area contributed by atoms with Gasteiger partial charge in [-0.05, 0) is 49.6 Å². The summed E-state index contributed by atoms with van der Waals surface area (Å²) in [6, 6.07) is 13.3. The molecule has 2 aromatic carbocycles. The van der Waals surface area contributed by atoms with Crippen molar-refractivity contribution in [1.82, 2.24) is 14.9 Å². The fourth-order valence-electron chi connectivity index (χ4n) is 4.21. The van der Waals surface area contributed by atoms with E-state index in [2.05, 4.69) is 10.6 Å². The van der Waals surface area contributed by atoms with Crippen molar-refractivity contribution in [1.29, 1.82) is 0 Å². The third kappa shape index (κ3) is 4.22. The van der Waals surface area contributed by atoms with Gasteiger partial charge in [0.1, 0.15) is 5.82 Å². The molecular formula is C24H28N4O2. The highest BCUT2D eigenvalue weighted by atomic mass is 16.2. The number of nitrogens with zero attached hydrogens (tertiary/aromatic N) is 2. The van der Waals surface area contributed by atoms with E-state index >= 15 is 0 Å². The van der Waals surface area contributed by atoms with Crippen LogP contribution in [-0.2, 0) is 18.3 Å². The van der Waals surface area contributed by atoms with Crippen LogP contribution in [0.5, 0.6) is 0 Å². The van der Waals surface area contributed by atoms with Gasteiger partial charge in [0.25, 0.3) is 5.91 Å². The number of carbonyl (C=O) groups is 2. The average molecular weight is 405 g/mol. The molecule has 6 nitrogen and oxygen atoms in total. The normalized spacial score (nSPS) is 14.2. The monoisotopic (exact) mass is 404 g/mol. The number of aryl methyl sites for hydroxylation is 2. The van der Waals surface area contributed by atoms with Crippen LogP contribution in [0.25, 0.3) is 11.0 Å². The Kier molecular flexibility index (Phi) is 5.84. The van der Waals surface area contributed by atoms with Crippen LogP contribution in [0.1, 0.15) is 47.4 Å². The summed E-state index contributed by atoms with van der Waals surface area (Å²) in [5.74, 6) is 1.15. The van der Waals surface area contributed by atoms with Crippen LogP contribution in [-0.4, -0.2) is 27.9 Å². The Bertz CT molecular complexity index is 1080. The van der Waals surface area contributed by atoms with Gasteiger partial charge in [0.05, 0.1) is 11.0 Å². The molecule has 0 unspecified atom stereocenters. The Morgan fingerprint density at radius 2 is 1.90 bits per heavy atom. The molecule has 0 saturated heterocycles. The van der Waals surface area contributed by atoms with E-state index in [1.54, 1.807) is 0 Å². The van der Waals surface area contributed by atoms with E-state index in [0.717, 1.165) is 53.8 Å². The van der Waals surface area contributed by atoms with Gasteiger partial charge in [0.2, 0.25) is 5.91 Å². The zero-order chi connectivity index (χ0) is 21.1. The molecule has 4 rings (SSSR count). The Labute approximate surface area is 176 Å². The van der Waals surface area contributed by atoms with Crippen LogP contribution in [0.4, 0.5) is 5.69 Å². The fourth-order valence-corrected chi connectivity index (χ4v) is 4.21. The van der Waals surface area contributed by atoms with Crippen LogP contribution < -0.4 is 10.6 Å². The Morgan fingerprint density at radius 1 is 1.13 bits per heavy atom. The molecule has 1 aromatic heterocycles. The molecular weight excluding hydrogens is 376 g/mol. The largest absolute Gasteiger partial charge is 0.355 e. The van der Waals surface area contributed by atoms with Crippen LogP contribution >= 0.6 is 0 Å². The number of aromatic nitrogens is 2. The molecule has 1 saturated carbocycles. The Balaban J connectivity index is 1.43. The zero-order valence-corrected chi connectivity index (χ0v) is 17.6. The second-order valence-electron chi connectivity index (χ2n) is 8.08. The first kappa shape index (κ1) is 20.1. The molecule has 0 aliphatic heterocycles. The topological polar surface area (TPSA) is 76.0 Å². The zero-order valence-electron chi connectivity index (χ0n) is 17.6. The summed E-state index contributed by atoms with van der Waals surface area (Å²) in [5.41, 5.74) is 4.15. The first-order valence-electron chi connectivity index (χ1n) is 10.6. The molecule has 1 aliphatic carbocycles. The molecule has 0 atom stereocenters. The first-order chi connectivity index (χ1) is 14.5. The highest BCUT2D eigenvalue weighted by Crippen LogP contribution is 2.25. The van der Waals surface area contributed by atoms with E-state index in [1.165, 1.54) is 0 Å². The van der Waals surface area contributed by atoms with Gasteiger partial charge < -0.3 is 15.2 Å². The van der Waals surface area contributed by atoms with Crippen molar-refractivity contribution in [2.45, 2.75) is 39.0 Å². The number of nitrogens with one attached hydrogen (secondary N) is 2. The second kappa shape index (κ2) is 8.69.